The van der Waals surface area contributed by atoms with Gasteiger partial charge in [-0.1, -0.05) is 18.2 Å². The maximum absolute atomic E-state index is 12.0. The van der Waals surface area contributed by atoms with Crippen LogP contribution < -0.4 is 10.6 Å². The summed E-state index contributed by atoms with van der Waals surface area (Å²) < 4.78 is 0. The van der Waals surface area contributed by atoms with E-state index in [4.69, 9.17) is 0 Å². The molecule has 4 N–H and O–H groups in total. The van der Waals surface area contributed by atoms with Gasteiger partial charge in [-0.25, -0.2) is 4.98 Å². The molecule has 0 unspecified atom stereocenters. The molecule has 26 heavy (non-hydrogen) atoms. The van der Waals surface area contributed by atoms with Gasteiger partial charge < -0.3 is 20.7 Å². The molecule has 0 bridgehead atoms. The molecule has 2 aromatic heterocycles. The molecular weight excluding hydrogens is 328 g/mol. The highest BCUT2D eigenvalue weighted by Gasteiger charge is 2.14. The number of fused-ring (bicyclic) bond motifs is 3. The van der Waals surface area contributed by atoms with Gasteiger partial charge in [0.1, 0.15) is 5.75 Å². The van der Waals surface area contributed by atoms with E-state index in [0.29, 0.717) is 12.2 Å². The minimum atomic E-state index is -0.222. The molecule has 130 valence electrons. The molecule has 2 heterocycles. The number of aromatic hydroxyl groups is 1. The fourth-order valence-corrected chi connectivity index (χ4v) is 3.08. The topological polar surface area (TPSA) is 90.0 Å². The number of carbonyl (C=O) groups is 1. The van der Waals surface area contributed by atoms with E-state index in [1.807, 2.05) is 36.4 Å². The number of H-pyrrole nitrogens is 1. The van der Waals surface area contributed by atoms with Crippen LogP contribution in [0.5, 0.6) is 5.75 Å². The van der Waals surface area contributed by atoms with Crippen LogP contribution in [-0.2, 0) is 6.54 Å². The third-order valence-electron chi connectivity index (χ3n) is 4.44. The van der Waals surface area contributed by atoms with Crippen LogP contribution in [0.15, 0.2) is 54.7 Å². The first-order valence-electron chi connectivity index (χ1n) is 8.30. The molecule has 0 saturated carbocycles. The van der Waals surface area contributed by atoms with Crippen LogP contribution >= 0.6 is 0 Å². The lowest BCUT2D eigenvalue weighted by Crippen LogP contribution is -2.19. The van der Waals surface area contributed by atoms with Crippen LogP contribution in [0.3, 0.4) is 0 Å². The molecule has 4 rings (SSSR count). The van der Waals surface area contributed by atoms with Crippen LogP contribution in [0, 0.1) is 0 Å². The summed E-state index contributed by atoms with van der Waals surface area (Å²) in [4.78, 5) is 19.5. The third-order valence-corrected chi connectivity index (χ3v) is 4.44. The van der Waals surface area contributed by atoms with E-state index in [9.17, 15) is 9.90 Å². The Morgan fingerprint density at radius 3 is 2.81 bits per heavy atom. The number of benzene rings is 2. The van der Waals surface area contributed by atoms with Gasteiger partial charge in [0.25, 0.3) is 5.91 Å². The summed E-state index contributed by atoms with van der Waals surface area (Å²) >= 11 is 0. The van der Waals surface area contributed by atoms with Crippen LogP contribution in [0.25, 0.3) is 21.8 Å². The fraction of sp³-hybridized carbons (Fsp3) is 0.100. The lowest BCUT2D eigenvalue weighted by atomic mass is 10.1. The summed E-state index contributed by atoms with van der Waals surface area (Å²) in [6.45, 7) is 0.519. The second-order valence-corrected chi connectivity index (χ2v) is 6.03. The van der Waals surface area contributed by atoms with Gasteiger partial charge >= 0.3 is 0 Å². The molecule has 0 aliphatic carbocycles. The Morgan fingerprint density at radius 1 is 1.15 bits per heavy atom. The summed E-state index contributed by atoms with van der Waals surface area (Å²) in [5.41, 5.74) is 3.80. The first-order chi connectivity index (χ1) is 12.7. The molecule has 0 aliphatic heterocycles. The van der Waals surface area contributed by atoms with E-state index in [1.165, 1.54) is 0 Å². The zero-order valence-corrected chi connectivity index (χ0v) is 14.2. The molecule has 0 fully saturated rings. The number of hydrogen-bond donors (Lipinski definition) is 4. The highest BCUT2D eigenvalue weighted by Crippen LogP contribution is 2.29. The fourth-order valence-electron chi connectivity index (χ4n) is 3.08. The number of aromatic amines is 1. The van der Waals surface area contributed by atoms with E-state index >= 15 is 0 Å². The Kier molecular flexibility index (Phi) is 3.93. The van der Waals surface area contributed by atoms with Gasteiger partial charge in [0.15, 0.2) is 5.69 Å². The summed E-state index contributed by atoms with van der Waals surface area (Å²) in [5, 5.41) is 17.8. The highest BCUT2D eigenvalue weighted by molar-refractivity contribution is 6.14. The monoisotopic (exact) mass is 346 g/mol. The van der Waals surface area contributed by atoms with Gasteiger partial charge in [-0.2, -0.15) is 0 Å². The predicted octanol–water partition coefficient (Wildman–Crippen LogP) is 3.39. The van der Waals surface area contributed by atoms with Crippen molar-refractivity contribution in [1.29, 1.82) is 0 Å². The molecule has 2 aromatic carbocycles. The average Bonchev–Trinajstić information content (AvgIpc) is 3.05. The number of nitrogens with one attached hydrogen (secondary N) is 3. The Morgan fingerprint density at radius 2 is 2.00 bits per heavy atom. The maximum Gasteiger partial charge on any atom is 0.271 e. The van der Waals surface area contributed by atoms with Crippen molar-refractivity contribution in [3.8, 4) is 5.75 Å². The quantitative estimate of drug-likeness (QED) is 0.456. The number of amides is 1. The summed E-state index contributed by atoms with van der Waals surface area (Å²) in [5.74, 6) is 0.0505. The molecule has 4 aromatic rings. The number of anilines is 1. The van der Waals surface area contributed by atoms with Crippen LogP contribution in [-0.4, -0.2) is 28.0 Å². The average molecular weight is 346 g/mol. The zero-order valence-electron chi connectivity index (χ0n) is 14.2. The minimum Gasteiger partial charge on any atom is -0.508 e. The largest absolute Gasteiger partial charge is 0.508 e. The van der Waals surface area contributed by atoms with Crippen molar-refractivity contribution in [3.63, 3.8) is 0 Å². The van der Waals surface area contributed by atoms with E-state index in [1.54, 1.807) is 25.4 Å². The molecule has 0 saturated heterocycles. The van der Waals surface area contributed by atoms with Crippen LogP contribution in [0.1, 0.15) is 16.1 Å². The number of pyridine rings is 1. The van der Waals surface area contributed by atoms with Gasteiger partial charge in [-0.15, -0.1) is 0 Å². The smallest absolute Gasteiger partial charge is 0.271 e. The van der Waals surface area contributed by atoms with Gasteiger partial charge in [-0.3, -0.25) is 4.79 Å². The van der Waals surface area contributed by atoms with Gasteiger partial charge in [0, 0.05) is 47.3 Å². The van der Waals surface area contributed by atoms with Crippen molar-refractivity contribution >= 4 is 33.4 Å². The molecule has 6 nitrogen and oxygen atoms in total. The minimum absolute atomic E-state index is 0.222. The van der Waals surface area contributed by atoms with Crippen molar-refractivity contribution in [1.82, 2.24) is 15.3 Å². The van der Waals surface area contributed by atoms with Gasteiger partial charge in [0.05, 0.1) is 5.52 Å². The first kappa shape index (κ1) is 16.0. The SMILES string of the molecule is CNC(=O)c1nccc2c1[nH]c1ccc(NCc3ccccc3O)cc12. The third kappa shape index (κ3) is 2.71. The lowest BCUT2D eigenvalue weighted by molar-refractivity contribution is 0.0960. The van der Waals surface area contributed by atoms with Crippen LogP contribution in [0.4, 0.5) is 5.69 Å². The second-order valence-electron chi connectivity index (χ2n) is 6.03. The van der Waals surface area contributed by atoms with Crippen molar-refractivity contribution < 1.29 is 9.90 Å². The molecular formula is C20H18N4O2. The standard InChI is InChI=1S/C20H18N4O2/c1-21-20(26)19-18-14(8-9-22-19)15-10-13(6-7-16(15)24-18)23-11-12-4-2-3-5-17(12)25/h2-10,23-25H,11H2,1H3,(H,21,26). The maximum atomic E-state index is 12.0. The Labute approximate surface area is 149 Å². The molecule has 0 atom stereocenters. The number of nitrogens with zero attached hydrogens (tertiary/aromatic N) is 1. The molecule has 0 radical (unpaired) electrons. The molecule has 0 aliphatic rings. The number of phenols is 1. The number of rotatable bonds is 4. The number of carbonyl (C=O) groups excluding carboxylic acids is 1. The summed E-state index contributed by atoms with van der Waals surface area (Å²) in [6, 6.07) is 15.1. The van der Waals surface area contributed by atoms with Gasteiger partial charge in [0.2, 0.25) is 0 Å². The van der Waals surface area contributed by atoms with E-state index in [2.05, 4.69) is 20.6 Å². The van der Waals surface area contributed by atoms with E-state index in [-0.39, 0.29) is 11.7 Å². The summed E-state index contributed by atoms with van der Waals surface area (Å²) in [6.07, 6.45) is 1.64. The van der Waals surface area contributed by atoms with Crippen molar-refractivity contribution in [2.24, 2.45) is 0 Å². The zero-order chi connectivity index (χ0) is 18.1. The predicted molar refractivity (Wildman–Crippen MR) is 102 cm³/mol. The number of hydrogen-bond acceptors (Lipinski definition) is 4. The van der Waals surface area contributed by atoms with E-state index in [0.717, 1.165) is 33.1 Å². The van der Waals surface area contributed by atoms with Crippen LogP contribution in [0.2, 0.25) is 0 Å². The Bertz CT molecular complexity index is 1120. The van der Waals surface area contributed by atoms with Crippen molar-refractivity contribution in [2.75, 3.05) is 12.4 Å². The van der Waals surface area contributed by atoms with Crippen molar-refractivity contribution in [2.45, 2.75) is 6.54 Å². The number of para-hydroxylation sites is 1. The number of phenolic OH excluding ortho intramolecular Hbond substituents is 1. The molecule has 0 spiro atoms. The number of aromatic nitrogens is 2. The van der Waals surface area contributed by atoms with Crippen molar-refractivity contribution in [3.05, 3.63) is 66.0 Å². The second kappa shape index (κ2) is 6.40. The van der Waals surface area contributed by atoms with E-state index < -0.39 is 0 Å². The first-order valence-corrected chi connectivity index (χ1v) is 8.30. The Hall–Kier alpha value is -3.54. The Balaban J connectivity index is 1.72. The normalized spacial score (nSPS) is 11.0. The molecule has 1 amide bonds. The molecule has 6 heteroatoms. The summed E-state index contributed by atoms with van der Waals surface area (Å²) in [7, 11) is 1.59. The lowest BCUT2D eigenvalue weighted by Gasteiger charge is -2.08. The highest BCUT2D eigenvalue weighted by atomic mass is 16.3. The van der Waals surface area contributed by atoms with Gasteiger partial charge in [-0.05, 0) is 30.3 Å².